The minimum Gasteiger partial charge on any atom is -0.394 e. The Hall–Kier alpha value is -2.54. The number of aromatic nitrogens is 5. The number of pyridine rings is 1. The van der Waals surface area contributed by atoms with Crippen LogP contribution in [-0.2, 0) is 13.0 Å². The van der Waals surface area contributed by atoms with Gasteiger partial charge in [-0.3, -0.25) is 4.98 Å². The summed E-state index contributed by atoms with van der Waals surface area (Å²) in [6.07, 6.45) is 5.82. The van der Waals surface area contributed by atoms with Crippen molar-refractivity contribution in [2.45, 2.75) is 13.0 Å². The first-order chi connectivity index (χ1) is 10.4. The fourth-order valence-corrected chi connectivity index (χ4v) is 2.15. The van der Waals surface area contributed by atoms with Gasteiger partial charge in [0.25, 0.3) is 0 Å². The Morgan fingerprint density at radius 2 is 2.14 bits per heavy atom. The third-order valence-corrected chi connectivity index (χ3v) is 3.15. The highest BCUT2D eigenvalue weighted by Crippen LogP contribution is 2.18. The first kappa shape index (κ1) is 13.4. The van der Waals surface area contributed by atoms with E-state index in [0.29, 0.717) is 6.54 Å². The van der Waals surface area contributed by atoms with E-state index in [2.05, 4.69) is 25.4 Å². The molecule has 0 aliphatic heterocycles. The molecule has 108 valence electrons. The molecule has 7 nitrogen and oxygen atoms in total. The van der Waals surface area contributed by atoms with Gasteiger partial charge in [-0.25, -0.2) is 14.6 Å². The molecule has 3 heterocycles. The van der Waals surface area contributed by atoms with E-state index in [1.165, 1.54) is 6.33 Å². The minimum absolute atomic E-state index is 0.0310. The summed E-state index contributed by atoms with van der Waals surface area (Å²) in [5.41, 5.74) is 1.76. The van der Waals surface area contributed by atoms with Gasteiger partial charge in [-0.15, -0.1) is 0 Å². The molecule has 0 atom stereocenters. The summed E-state index contributed by atoms with van der Waals surface area (Å²) in [4.78, 5) is 12.7. The van der Waals surface area contributed by atoms with Crippen LogP contribution in [0.3, 0.4) is 0 Å². The molecule has 7 heteroatoms. The molecule has 0 spiro atoms. The van der Waals surface area contributed by atoms with Crippen LogP contribution in [0.4, 0.5) is 5.82 Å². The van der Waals surface area contributed by atoms with Gasteiger partial charge >= 0.3 is 0 Å². The zero-order valence-electron chi connectivity index (χ0n) is 11.5. The number of hydrogen-bond acceptors (Lipinski definition) is 6. The Labute approximate surface area is 121 Å². The van der Waals surface area contributed by atoms with Crippen molar-refractivity contribution >= 4 is 16.9 Å². The minimum atomic E-state index is 0.0310. The summed E-state index contributed by atoms with van der Waals surface area (Å²) >= 11 is 0. The molecular weight excluding hydrogens is 268 g/mol. The van der Waals surface area contributed by atoms with Crippen LogP contribution >= 0.6 is 0 Å². The SMILES string of the molecule is OCCn1ncc2c(NCCc3ccccn3)ncnc21. The lowest BCUT2D eigenvalue weighted by Gasteiger charge is -2.06. The summed E-state index contributed by atoms with van der Waals surface area (Å²) in [7, 11) is 0. The number of rotatable bonds is 6. The van der Waals surface area contributed by atoms with Gasteiger partial charge in [-0.1, -0.05) is 6.07 Å². The van der Waals surface area contributed by atoms with Gasteiger partial charge in [0.15, 0.2) is 5.65 Å². The van der Waals surface area contributed by atoms with Crippen LogP contribution in [0, 0.1) is 0 Å². The maximum absolute atomic E-state index is 9.01. The largest absolute Gasteiger partial charge is 0.394 e. The van der Waals surface area contributed by atoms with Gasteiger partial charge in [0.2, 0.25) is 0 Å². The van der Waals surface area contributed by atoms with Crippen LogP contribution in [0.5, 0.6) is 0 Å². The summed E-state index contributed by atoms with van der Waals surface area (Å²) < 4.78 is 1.67. The molecule has 0 aliphatic rings. The molecule has 21 heavy (non-hydrogen) atoms. The van der Waals surface area contributed by atoms with Crippen LogP contribution in [-0.4, -0.2) is 43.0 Å². The predicted molar refractivity (Wildman–Crippen MR) is 78.8 cm³/mol. The summed E-state index contributed by atoms with van der Waals surface area (Å²) in [6, 6.07) is 5.88. The van der Waals surface area contributed by atoms with E-state index < -0.39 is 0 Å². The Bertz CT molecular complexity index is 712. The molecule has 0 radical (unpaired) electrons. The normalized spacial score (nSPS) is 10.9. The van der Waals surface area contributed by atoms with Crippen LogP contribution in [0.1, 0.15) is 5.69 Å². The third kappa shape index (κ3) is 2.97. The van der Waals surface area contributed by atoms with E-state index in [4.69, 9.17) is 5.11 Å². The summed E-state index contributed by atoms with van der Waals surface area (Å²) in [6.45, 7) is 1.19. The highest BCUT2D eigenvalue weighted by atomic mass is 16.3. The van der Waals surface area contributed by atoms with E-state index in [1.54, 1.807) is 17.1 Å². The molecular formula is C14H16N6O. The van der Waals surface area contributed by atoms with Crippen molar-refractivity contribution < 1.29 is 5.11 Å². The zero-order chi connectivity index (χ0) is 14.5. The summed E-state index contributed by atoms with van der Waals surface area (Å²) in [5, 5.41) is 17.4. The molecule has 0 aromatic carbocycles. The lowest BCUT2D eigenvalue weighted by Crippen LogP contribution is -2.08. The zero-order valence-corrected chi connectivity index (χ0v) is 11.5. The average molecular weight is 284 g/mol. The number of aliphatic hydroxyl groups excluding tert-OH is 1. The molecule has 2 N–H and O–H groups in total. The monoisotopic (exact) mass is 284 g/mol. The maximum atomic E-state index is 9.01. The number of anilines is 1. The molecule has 3 aromatic heterocycles. The highest BCUT2D eigenvalue weighted by molar-refractivity contribution is 5.85. The van der Waals surface area contributed by atoms with Crippen LogP contribution in [0.2, 0.25) is 0 Å². The van der Waals surface area contributed by atoms with E-state index in [-0.39, 0.29) is 6.61 Å². The topological polar surface area (TPSA) is 88.8 Å². The fourth-order valence-electron chi connectivity index (χ4n) is 2.15. The molecule has 0 aliphatic carbocycles. The van der Waals surface area contributed by atoms with Gasteiger partial charge in [-0.05, 0) is 12.1 Å². The van der Waals surface area contributed by atoms with E-state index in [9.17, 15) is 0 Å². The van der Waals surface area contributed by atoms with Crippen molar-refractivity contribution in [3.63, 3.8) is 0 Å². The summed E-state index contributed by atoms with van der Waals surface area (Å²) in [5.74, 6) is 0.750. The molecule has 0 unspecified atom stereocenters. The molecule has 3 aromatic rings. The quantitative estimate of drug-likeness (QED) is 0.698. The van der Waals surface area contributed by atoms with Crippen molar-refractivity contribution in [1.29, 1.82) is 0 Å². The number of fused-ring (bicyclic) bond motifs is 1. The van der Waals surface area contributed by atoms with Crippen LogP contribution in [0.15, 0.2) is 36.9 Å². The van der Waals surface area contributed by atoms with Crippen molar-refractivity contribution in [2.75, 3.05) is 18.5 Å². The van der Waals surface area contributed by atoms with Gasteiger partial charge in [-0.2, -0.15) is 5.10 Å². The van der Waals surface area contributed by atoms with Gasteiger partial charge in [0.1, 0.15) is 12.1 Å². The number of nitrogens with one attached hydrogen (secondary N) is 1. The van der Waals surface area contributed by atoms with Crippen molar-refractivity contribution in [3.05, 3.63) is 42.6 Å². The molecule has 0 saturated carbocycles. The number of aliphatic hydroxyl groups is 1. The first-order valence-electron chi connectivity index (χ1n) is 6.79. The predicted octanol–water partition coefficient (Wildman–Crippen LogP) is 0.868. The molecule has 0 amide bonds. The van der Waals surface area contributed by atoms with Crippen molar-refractivity contribution in [1.82, 2.24) is 24.7 Å². The molecule has 0 fully saturated rings. The van der Waals surface area contributed by atoms with Crippen molar-refractivity contribution in [2.24, 2.45) is 0 Å². The Balaban J connectivity index is 1.72. The Morgan fingerprint density at radius 3 is 2.95 bits per heavy atom. The second-order valence-electron chi connectivity index (χ2n) is 4.55. The molecule has 0 saturated heterocycles. The fraction of sp³-hybridized carbons (Fsp3) is 0.286. The second kappa shape index (κ2) is 6.27. The first-order valence-corrected chi connectivity index (χ1v) is 6.79. The lowest BCUT2D eigenvalue weighted by atomic mass is 10.2. The maximum Gasteiger partial charge on any atom is 0.163 e. The smallest absolute Gasteiger partial charge is 0.163 e. The number of hydrogen-bond donors (Lipinski definition) is 2. The van der Waals surface area contributed by atoms with Gasteiger partial charge in [0.05, 0.1) is 24.7 Å². The standard InChI is InChI=1S/C14H16N6O/c21-8-7-20-14-12(9-19-20)13(17-10-18-14)16-6-4-11-3-1-2-5-15-11/h1-3,5,9-10,21H,4,6-8H2,(H,16,17,18). The molecule has 0 bridgehead atoms. The van der Waals surface area contributed by atoms with Gasteiger partial charge in [0, 0.05) is 24.9 Å². The number of nitrogens with zero attached hydrogens (tertiary/aromatic N) is 5. The van der Waals surface area contributed by atoms with Crippen molar-refractivity contribution in [3.8, 4) is 0 Å². The van der Waals surface area contributed by atoms with Crippen LogP contribution < -0.4 is 5.32 Å². The van der Waals surface area contributed by atoms with E-state index >= 15 is 0 Å². The van der Waals surface area contributed by atoms with E-state index in [0.717, 1.165) is 35.5 Å². The third-order valence-electron chi connectivity index (χ3n) is 3.15. The Morgan fingerprint density at radius 1 is 1.19 bits per heavy atom. The highest BCUT2D eigenvalue weighted by Gasteiger charge is 2.08. The van der Waals surface area contributed by atoms with Crippen LogP contribution in [0.25, 0.3) is 11.0 Å². The van der Waals surface area contributed by atoms with E-state index in [1.807, 2.05) is 18.2 Å². The van der Waals surface area contributed by atoms with Gasteiger partial charge < -0.3 is 10.4 Å². The second-order valence-corrected chi connectivity index (χ2v) is 4.55. The Kier molecular flexibility index (Phi) is 4.02. The molecule has 3 rings (SSSR count). The lowest BCUT2D eigenvalue weighted by molar-refractivity contribution is 0.271. The average Bonchev–Trinajstić information content (AvgIpc) is 2.93.